The van der Waals surface area contributed by atoms with Gasteiger partial charge in [0.05, 0.1) is 70.0 Å². The van der Waals surface area contributed by atoms with E-state index in [2.05, 4.69) is 31.9 Å². The van der Waals surface area contributed by atoms with E-state index in [9.17, 15) is 103 Å². The predicted molar refractivity (Wildman–Crippen MR) is 340 cm³/mol. The van der Waals surface area contributed by atoms with Crippen LogP contribution >= 0.6 is 0 Å². The number of nitrogens with zero attached hydrogens (tertiary/aromatic N) is 2. The lowest BCUT2D eigenvalue weighted by molar-refractivity contribution is -0.163. The number of carbonyl (C=O) groups excluding carboxylic acids is 12. The summed E-state index contributed by atoms with van der Waals surface area (Å²) in [4.78, 5) is 163. The van der Waals surface area contributed by atoms with Crippen LogP contribution in [-0.4, -0.2) is 296 Å². The normalized spacial score (nSPS) is 25.4. The molecule has 36 heteroatoms. The van der Waals surface area contributed by atoms with Crippen molar-refractivity contribution in [1.82, 2.24) is 47.0 Å². The molecule has 0 saturated carbocycles. The Kier molecular flexibility index (Phi) is 33.3. The standard InChI is InChI=1S/C63H99N9O27/c1-32-28-72-50(51(32)83)58(90)70-56(88)42(78)27-40(54(86)67-47(33(2)73)59(91)71-29-39(77)25-41(71)55(87)69-49(57(89)68-48(34(3)74)60(72)92)53(85)52(84)35-10-13-37(75)14-11-35)66-45(81)31-97-23-21-95-19-17-65-44(80)30-96-22-20-94-18-16-64-43(79)15-12-36(61(93)99-63(7,8)9)24-38(76)26-46(82)98-62(4,5)6/h10-11,13-14,32-34,36,39-42,47-53,56,73-75,77-78,83-85,88H,12,15-31H2,1-9H3,(H,64,79)(H,65,80)(H,66,81)(H,67,86)(H,68,89)(H,69,87)(H,70,90)/t32-,33+,34+,36+,39+,40-,41-,42+,47-,48-,49-,50-,51-,52-,53-,56+/m0/s1. The number of aliphatic hydroxyl groups is 8. The fourth-order valence-electron chi connectivity index (χ4n) is 10.6. The van der Waals surface area contributed by atoms with E-state index in [4.69, 9.17) is 28.4 Å². The second-order valence-electron chi connectivity index (χ2n) is 26.4. The lowest BCUT2D eigenvalue weighted by atomic mass is 9.95. The molecule has 0 radical (unpaired) electrons. The van der Waals surface area contributed by atoms with E-state index < -0.39 is 218 Å². The average molecular weight is 1410 g/mol. The van der Waals surface area contributed by atoms with E-state index in [0.717, 1.165) is 35.8 Å². The van der Waals surface area contributed by atoms with Crippen LogP contribution in [0.1, 0.15) is 113 Å². The average Bonchev–Trinajstić information content (AvgIpc) is 1.69. The van der Waals surface area contributed by atoms with Gasteiger partial charge in [0.15, 0.2) is 6.23 Å². The fourth-order valence-corrected chi connectivity index (χ4v) is 10.6. The van der Waals surface area contributed by atoms with Gasteiger partial charge in [-0.15, -0.1) is 0 Å². The largest absolute Gasteiger partial charge is 0.508 e. The van der Waals surface area contributed by atoms with Gasteiger partial charge in [-0.3, -0.25) is 57.5 Å². The highest BCUT2D eigenvalue weighted by atomic mass is 16.6. The number of aromatic hydroxyl groups is 1. The Morgan fingerprint density at radius 1 is 0.616 bits per heavy atom. The molecule has 3 saturated heterocycles. The van der Waals surface area contributed by atoms with Crippen molar-refractivity contribution in [2.45, 2.75) is 197 Å². The quantitative estimate of drug-likeness (QED) is 0.0193. The Hall–Kier alpha value is -7.62. The van der Waals surface area contributed by atoms with E-state index in [1.54, 1.807) is 41.5 Å². The molecule has 4 rings (SSSR count). The highest BCUT2D eigenvalue weighted by Crippen LogP contribution is 2.28. The molecule has 0 bridgehead atoms. The number of phenolic OH excluding ortho intramolecular Hbond substituents is 1. The molecule has 0 aliphatic carbocycles. The number of Topliss-reactive ketones (excluding diaryl/α,β-unsaturated/α-hetero) is 1. The fraction of sp³-hybridized carbons (Fsp3) is 0.714. The lowest BCUT2D eigenvalue weighted by Crippen LogP contribution is -2.64. The number of hydrogen-bond donors (Lipinski definition) is 16. The monoisotopic (exact) mass is 1410 g/mol. The summed E-state index contributed by atoms with van der Waals surface area (Å²) in [6.07, 6.45) is -18.2. The number of amides is 9. The Morgan fingerprint density at radius 3 is 1.71 bits per heavy atom. The van der Waals surface area contributed by atoms with Gasteiger partial charge in [0.25, 0.3) is 0 Å². The van der Waals surface area contributed by atoms with E-state index in [0.29, 0.717) is 0 Å². The van der Waals surface area contributed by atoms with Crippen LogP contribution in [0.3, 0.4) is 0 Å². The van der Waals surface area contributed by atoms with Crippen molar-refractivity contribution in [3.8, 4) is 5.75 Å². The van der Waals surface area contributed by atoms with Gasteiger partial charge < -0.3 is 121 Å². The van der Waals surface area contributed by atoms with Crippen LogP contribution in [0.25, 0.3) is 0 Å². The van der Waals surface area contributed by atoms with E-state index in [1.165, 1.54) is 19.1 Å². The summed E-state index contributed by atoms with van der Waals surface area (Å²) in [5.41, 5.74) is -1.77. The molecule has 0 spiro atoms. The van der Waals surface area contributed by atoms with Gasteiger partial charge in [0.1, 0.15) is 96.9 Å². The van der Waals surface area contributed by atoms with Crippen molar-refractivity contribution in [3.05, 3.63) is 29.8 Å². The maximum Gasteiger partial charge on any atom is 0.313 e. The molecule has 99 heavy (non-hydrogen) atoms. The third-order valence-corrected chi connectivity index (χ3v) is 15.5. The number of aliphatic hydroxyl groups excluding tert-OH is 8. The molecule has 36 nitrogen and oxygen atoms in total. The number of ketones is 1. The highest BCUT2D eigenvalue weighted by molar-refractivity contribution is 5.99. The first kappa shape index (κ1) is 83.8. The Bertz CT molecular complexity index is 2910. The summed E-state index contributed by atoms with van der Waals surface area (Å²) in [6.45, 7) is 11.2. The Balaban J connectivity index is 1.32. The van der Waals surface area contributed by atoms with Crippen LogP contribution in [-0.2, 0) is 86.0 Å². The van der Waals surface area contributed by atoms with Crippen LogP contribution in [0.5, 0.6) is 5.75 Å². The summed E-state index contributed by atoms with van der Waals surface area (Å²) in [5, 5.41) is 116. The molecule has 3 aliphatic rings. The van der Waals surface area contributed by atoms with Gasteiger partial charge >= 0.3 is 11.9 Å². The first-order valence-corrected chi connectivity index (χ1v) is 32.4. The van der Waals surface area contributed by atoms with Crippen molar-refractivity contribution in [3.63, 3.8) is 0 Å². The van der Waals surface area contributed by atoms with Gasteiger partial charge in [0.2, 0.25) is 53.2 Å². The van der Waals surface area contributed by atoms with E-state index in [-0.39, 0.29) is 89.9 Å². The molecule has 558 valence electrons. The lowest BCUT2D eigenvalue weighted by Gasteiger charge is -2.34. The maximum atomic E-state index is 14.4. The van der Waals surface area contributed by atoms with Crippen LogP contribution in [0.15, 0.2) is 24.3 Å². The summed E-state index contributed by atoms with van der Waals surface area (Å²) >= 11 is 0. The Labute approximate surface area is 571 Å². The number of carbonyl (C=O) groups is 12. The Morgan fingerprint density at radius 2 is 1.14 bits per heavy atom. The number of benzene rings is 1. The molecule has 1 aromatic carbocycles. The predicted octanol–water partition coefficient (Wildman–Crippen LogP) is -6.42. The van der Waals surface area contributed by atoms with Crippen molar-refractivity contribution in [2.75, 3.05) is 79.0 Å². The smallest absolute Gasteiger partial charge is 0.313 e. The van der Waals surface area contributed by atoms with Gasteiger partial charge in [-0.25, -0.2) is 0 Å². The third-order valence-electron chi connectivity index (χ3n) is 15.5. The van der Waals surface area contributed by atoms with Crippen molar-refractivity contribution in [2.24, 2.45) is 11.8 Å². The van der Waals surface area contributed by atoms with Gasteiger partial charge in [-0.2, -0.15) is 0 Å². The van der Waals surface area contributed by atoms with Crippen LogP contribution in [0.2, 0.25) is 0 Å². The molecule has 16 atom stereocenters. The van der Waals surface area contributed by atoms with Gasteiger partial charge in [-0.05, 0) is 79.5 Å². The van der Waals surface area contributed by atoms with E-state index >= 15 is 0 Å². The molecular weight excluding hydrogens is 1310 g/mol. The topological polar surface area (TPSA) is 533 Å². The summed E-state index contributed by atoms with van der Waals surface area (Å²) in [5.74, 6) is -13.8. The molecule has 1 aromatic rings. The minimum absolute atomic E-state index is 0.0119. The van der Waals surface area contributed by atoms with Crippen LogP contribution < -0.4 is 37.2 Å². The number of nitrogens with one attached hydrogen (secondary N) is 7. The summed E-state index contributed by atoms with van der Waals surface area (Å²) in [6, 6.07) is -7.36. The zero-order valence-corrected chi connectivity index (χ0v) is 57.0. The number of rotatable bonds is 30. The molecule has 0 unspecified atom stereocenters. The number of phenols is 1. The second kappa shape index (κ2) is 39.4. The number of esters is 2. The maximum absolute atomic E-state index is 14.4. The molecule has 16 N–H and O–H groups in total. The number of fused-ring (bicyclic) bond motifs is 2. The second-order valence-corrected chi connectivity index (χ2v) is 26.4. The zero-order valence-electron chi connectivity index (χ0n) is 57.0. The zero-order chi connectivity index (χ0) is 74.2. The number of hydrogen-bond acceptors (Lipinski definition) is 27. The van der Waals surface area contributed by atoms with Crippen molar-refractivity contribution in [1.29, 1.82) is 0 Å². The molecule has 3 fully saturated rings. The molecule has 0 aromatic heterocycles. The molecular formula is C63H99N9O27. The highest BCUT2D eigenvalue weighted by Gasteiger charge is 2.50. The van der Waals surface area contributed by atoms with Gasteiger partial charge in [-0.1, -0.05) is 19.1 Å². The summed E-state index contributed by atoms with van der Waals surface area (Å²) < 4.78 is 32.2. The van der Waals surface area contributed by atoms with Crippen molar-refractivity contribution < 1.29 is 132 Å². The molecule has 3 aliphatic heterocycles. The van der Waals surface area contributed by atoms with Gasteiger partial charge in [0, 0.05) is 57.8 Å². The minimum atomic E-state index is -2.35. The first-order valence-electron chi connectivity index (χ1n) is 32.4. The molecule has 9 amide bonds. The number of ether oxygens (including phenoxy) is 6. The molecule has 3 heterocycles. The summed E-state index contributed by atoms with van der Waals surface area (Å²) in [7, 11) is 0. The minimum Gasteiger partial charge on any atom is -0.508 e. The SMILES string of the molecule is C[C@@H](O)[C@@H]1NC(=O)[C@H]([C@H](O)[C@@H](O)c2ccc(O)cc2)NC(=O)[C@@H]2C[C@@H](O)CN2C(=O)[C@H]([C@@H](C)O)NC(=O)[C@@H](NC(=O)COCCOCCNC(=O)COCCOCCNC(=O)CC[C@H](CC(=O)CC(=O)OC(C)(C)C)C(=O)OC(C)(C)C)C[C@@H](O)[C@@H](O)NC(=O)[C@@H]2[C@@H](O)[C@@H](C)CN2C1=O. The van der Waals surface area contributed by atoms with E-state index in [1.807, 2.05) is 5.32 Å². The van der Waals surface area contributed by atoms with Crippen molar-refractivity contribution >= 4 is 70.9 Å². The third kappa shape index (κ3) is 27.8. The van der Waals surface area contributed by atoms with Crippen LogP contribution in [0, 0.1) is 11.8 Å². The first-order chi connectivity index (χ1) is 46.3. The van der Waals surface area contributed by atoms with Crippen LogP contribution in [0.4, 0.5) is 0 Å².